The van der Waals surface area contributed by atoms with E-state index in [9.17, 15) is 6.57 Å². The van der Waals surface area contributed by atoms with Gasteiger partial charge in [-0.25, -0.2) is 4.85 Å². The second-order valence-corrected chi connectivity index (χ2v) is 18.5. The Labute approximate surface area is 436 Å². The van der Waals surface area contributed by atoms with Crippen LogP contribution in [0.2, 0.25) is 0 Å². The first-order valence-corrected chi connectivity index (χ1v) is 24.5. The lowest BCUT2D eigenvalue weighted by Gasteiger charge is -2.25. The van der Waals surface area contributed by atoms with Crippen molar-refractivity contribution in [1.29, 1.82) is 0 Å². The Morgan fingerprint density at radius 1 is 0.263 bits per heavy atom. The molecular weight excluding hydrogens is 955 g/mol. The summed E-state index contributed by atoms with van der Waals surface area (Å²) in [6, 6.07) is 51.1. The maximum atomic E-state index is 9.86. The molecular formula is C63H49N5O8. The summed E-state index contributed by atoms with van der Waals surface area (Å²) in [5.41, 5.74) is 10.1. The summed E-state index contributed by atoms with van der Waals surface area (Å²) in [5, 5.41) is 7.41. The van der Waals surface area contributed by atoms with Crippen molar-refractivity contribution in [2.45, 2.75) is 0 Å². The van der Waals surface area contributed by atoms with Crippen LogP contribution in [0.3, 0.4) is 0 Å². The van der Waals surface area contributed by atoms with E-state index in [1.807, 2.05) is 72.8 Å². The van der Waals surface area contributed by atoms with Gasteiger partial charge >= 0.3 is 0 Å². The molecule has 0 amide bonds. The molecule has 0 spiro atoms. The standard InChI is InChI=1S/C63H49N5O8/c1-64-61-62(67-55-22-14-39(73-6)30-47(55)48-31-40(74-7)15-23-56(48)67)59(65-51-18-10-35(69-2)26-43(51)44-27-36(70-3)11-19-52(44)65)34-60(66-53-20-12-37(71-4)28-45(53)46-29-38(72-5)13-21-54(46)66)63(61)68-57-24-16-41(75-8)32-49(57)50-33-42(76-9)17-25-58(50)68/h10-34H,2-9H3. The van der Waals surface area contributed by atoms with Gasteiger partial charge in [-0.15, -0.1) is 0 Å². The molecule has 0 fully saturated rings. The number of rotatable bonds is 12. The van der Waals surface area contributed by atoms with Gasteiger partial charge in [0, 0.05) is 43.1 Å². The molecule has 0 N–H and O–H groups in total. The van der Waals surface area contributed by atoms with Gasteiger partial charge in [-0.05, 0) is 152 Å². The van der Waals surface area contributed by atoms with Gasteiger partial charge in [0.15, 0.2) is 0 Å². The molecule has 0 radical (unpaired) electrons. The SMILES string of the molecule is [C-]#[N+]c1c(-n2c3ccc(OC)cc3c3cc(OC)ccc32)c(-n2c3ccc(OC)cc3c3cc(OC)ccc32)cc(-n2c3ccc(OC)cc3c3cc(OC)ccc32)c1-n1c2ccc(OC)cc2c2cc(OC)ccc21. The fourth-order valence-corrected chi connectivity index (χ4v) is 11.5. The Morgan fingerprint density at radius 3 is 0.618 bits per heavy atom. The molecule has 374 valence electrons. The van der Waals surface area contributed by atoms with Crippen molar-refractivity contribution < 1.29 is 37.9 Å². The number of benzene rings is 9. The minimum Gasteiger partial charge on any atom is -0.497 e. The van der Waals surface area contributed by atoms with Crippen molar-refractivity contribution in [2.75, 3.05) is 56.9 Å². The van der Waals surface area contributed by atoms with Gasteiger partial charge in [0.2, 0.25) is 5.69 Å². The largest absolute Gasteiger partial charge is 0.497 e. The maximum Gasteiger partial charge on any atom is 0.238 e. The van der Waals surface area contributed by atoms with E-state index >= 15 is 0 Å². The zero-order chi connectivity index (χ0) is 52.1. The molecule has 0 aliphatic carbocycles. The molecule has 13 heteroatoms. The van der Waals surface area contributed by atoms with Crippen LogP contribution in [0.1, 0.15) is 0 Å². The smallest absolute Gasteiger partial charge is 0.238 e. The fraction of sp³-hybridized carbons (Fsp3) is 0.127. The van der Waals surface area contributed by atoms with E-state index < -0.39 is 0 Å². The Balaban J connectivity index is 1.33. The lowest BCUT2D eigenvalue weighted by atomic mass is 10.1. The van der Waals surface area contributed by atoms with Crippen molar-refractivity contribution in [1.82, 2.24) is 18.3 Å². The number of methoxy groups -OCH3 is 8. The van der Waals surface area contributed by atoms with Crippen molar-refractivity contribution in [3.63, 3.8) is 0 Å². The molecule has 0 saturated heterocycles. The van der Waals surface area contributed by atoms with Crippen LogP contribution in [0.25, 0.3) is 115 Å². The highest BCUT2D eigenvalue weighted by atomic mass is 16.5. The fourth-order valence-electron chi connectivity index (χ4n) is 11.5. The first-order valence-electron chi connectivity index (χ1n) is 24.5. The molecule has 4 heterocycles. The molecule has 76 heavy (non-hydrogen) atoms. The number of ether oxygens (including phenoxy) is 8. The van der Waals surface area contributed by atoms with Crippen LogP contribution in [0, 0.1) is 6.57 Å². The highest BCUT2D eigenvalue weighted by Crippen LogP contribution is 2.51. The highest BCUT2D eigenvalue weighted by molar-refractivity contribution is 6.17. The van der Waals surface area contributed by atoms with E-state index in [4.69, 9.17) is 42.7 Å². The summed E-state index contributed by atoms with van der Waals surface area (Å²) in [7, 11) is 13.4. The summed E-state index contributed by atoms with van der Waals surface area (Å²) >= 11 is 0. The van der Waals surface area contributed by atoms with Gasteiger partial charge in [-0.2, -0.15) is 0 Å². The summed E-state index contributed by atoms with van der Waals surface area (Å²) in [4.78, 5) is 4.82. The maximum absolute atomic E-state index is 9.86. The average molecular weight is 1000 g/mol. The van der Waals surface area contributed by atoms with Gasteiger partial charge in [-0.3, -0.25) is 0 Å². The van der Waals surface area contributed by atoms with Gasteiger partial charge in [0.1, 0.15) is 46.0 Å². The van der Waals surface area contributed by atoms with Crippen molar-refractivity contribution in [3.8, 4) is 68.7 Å². The Morgan fingerprint density at radius 2 is 0.447 bits per heavy atom. The predicted octanol–water partition coefficient (Wildman–Crippen LogP) is 14.7. The molecule has 0 atom stereocenters. The highest BCUT2D eigenvalue weighted by Gasteiger charge is 2.31. The molecule has 0 saturated carbocycles. The summed E-state index contributed by atoms with van der Waals surface area (Å²) in [6.07, 6.45) is 0. The first-order chi connectivity index (χ1) is 37.3. The molecule has 0 aliphatic heterocycles. The number of hydrogen-bond donors (Lipinski definition) is 0. The third kappa shape index (κ3) is 6.63. The Kier molecular flexibility index (Phi) is 10.7. The van der Waals surface area contributed by atoms with Crippen LogP contribution in [-0.4, -0.2) is 75.1 Å². The molecule has 13 nitrogen and oxygen atoms in total. The van der Waals surface area contributed by atoms with Gasteiger partial charge in [0.25, 0.3) is 0 Å². The third-order valence-electron chi connectivity index (χ3n) is 15.0. The molecule has 0 bridgehead atoms. The van der Waals surface area contributed by atoms with E-state index in [1.165, 1.54) is 0 Å². The normalized spacial score (nSPS) is 11.7. The molecule has 13 aromatic rings. The zero-order valence-electron chi connectivity index (χ0n) is 42.9. The zero-order valence-corrected chi connectivity index (χ0v) is 42.9. The van der Waals surface area contributed by atoms with E-state index in [1.54, 1.807) is 56.9 Å². The topological polar surface area (TPSA) is 97.9 Å². The lowest BCUT2D eigenvalue weighted by Crippen LogP contribution is -2.11. The quantitative estimate of drug-likeness (QED) is 0.112. The number of hydrogen-bond acceptors (Lipinski definition) is 8. The lowest BCUT2D eigenvalue weighted by molar-refractivity contribution is 0.415. The van der Waals surface area contributed by atoms with Gasteiger partial charge in [-0.1, -0.05) is 0 Å². The summed E-state index contributed by atoms with van der Waals surface area (Å²) in [5.74, 6) is 5.58. The van der Waals surface area contributed by atoms with E-state index in [2.05, 4.69) is 97.1 Å². The Hall–Kier alpha value is -9.93. The third-order valence-corrected chi connectivity index (χ3v) is 15.0. The molecule has 0 unspecified atom stereocenters. The van der Waals surface area contributed by atoms with Gasteiger partial charge in [0.05, 0.1) is 130 Å². The minimum atomic E-state index is 0.373. The minimum absolute atomic E-state index is 0.373. The number of nitrogens with zero attached hydrogens (tertiary/aromatic N) is 5. The van der Waals surface area contributed by atoms with Crippen LogP contribution in [0.4, 0.5) is 5.69 Å². The number of aromatic nitrogens is 4. The first kappa shape index (κ1) is 45.9. The van der Waals surface area contributed by atoms with Crippen molar-refractivity contribution in [2.24, 2.45) is 0 Å². The second-order valence-electron chi connectivity index (χ2n) is 18.5. The van der Waals surface area contributed by atoms with Gasteiger partial charge < -0.3 is 56.2 Å². The van der Waals surface area contributed by atoms with E-state index in [0.717, 1.165) is 98.6 Å². The van der Waals surface area contributed by atoms with Crippen LogP contribution >= 0.6 is 0 Å². The summed E-state index contributed by atoms with van der Waals surface area (Å²) < 4.78 is 56.1. The van der Waals surface area contributed by atoms with Crippen LogP contribution in [-0.2, 0) is 0 Å². The van der Waals surface area contributed by atoms with Crippen LogP contribution in [0.15, 0.2) is 152 Å². The van der Waals surface area contributed by atoms with E-state index in [0.29, 0.717) is 63.1 Å². The number of fused-ring (bicyclic) bond motifs is 12. The van der Waals surface area contributed by atoms with E-state index in [-0.39, 0.29) is 0 Å². The summed E-state index contributed by atoms with van der Waals surface area (Å²) in [6.45, 7) is 9.86. The average Bonchev–Trinajstić information content (AvgIpc) is 4.23. The predicted molar refractivity (Wildman–Crippen MR) is 302 cm³/mol. The monoisotopic (exact) mass is 1000 g/mol. The van der Waals surface area contributed by atoms with Crippen molar-refractivity contribution >= 4 is 92.9 Å². The molecule has 9 aromatic carbocycles. The molecule has 4 aromatic heterocycles. The Bertz CT molecular complexity index is 4080. The second kappa shape index (κ2) is 17.6. The van der Waals surface area contributed by atoms with Crippen LogP contribution in [0.5, 0.6) is 46.0 Å². The van der Waals surface area contributed by atoms with Crippen LogP contribution < -0.4 is 37.9 Å². The molecule has 13 rings (SSSR count). The molecule has 0 aliphatic rings. The van der Waals surface area contributed by atoms with Crippen molar-refractivity contribution in [3.05, 3.63) is 163 Å².